The Labute approximate surface area is 184 Å². The van der Waals surface area contributed by atoms with E-state index in [4.69, 9.17) is 9.47 Å². The summed E-state index contributed by atoms with van der Waals surface area (Å²) in [4.78, 5) is 12.7. The van der Waals surface area contributed by atoms with Gasteiger partial charge in [0.15, 0.2) is 0 Å². The molecule has 1 fully saturated rings. The summed E-state index contributed by atoms with van der Waals surface area (Å²) in [6.07, 6.45) is -3.98. The molecule has 0 aromatic heterocycles. The summed E-state index contributed by atoms with van der Waals surface area (Å²) in [6.45, 7) is 3.03. The zero-order valence-electron chi connectivity index (χ0n) is 17.3. The van der Waals surface area contributed by atoms with Crippen molar-refractivity contribution in [2.24, 2.45) is 0 Å². The summed E-state index contributed by atoms with van der Waals surface area (Å²) in [5.74, 6) is -0.671. The minimum Gasteiger partial charge on any atom is -0.491 e. The molecule has 11 heteroatoms. The van der Waals surface area contributed by atoms with E-state index in [1.54, 1.807) is 0 Å². The van der Waals surface area contributed by atoms with Crippen LogP contribution in [0.5, 0.6) is 5.75 Å². The van der Waals surface area contributed by atoms with E-state index in [0.717, 1.165) is 18.2 Å². The minimum absolute atomic E-state index is 0.0156. The molecule has 7 nitrogen and oxygen atoms in total. The first-order valence-electron chi connectivity index (χ1n) is 9.96. The summed E-state index contributed by atoms with van der Waals surface area (Å²) >= 11 is 0. The smallest absolute Gasteiger partial charge is 0.416 e. The van der Waals surface area contributed by atoms with Crippen molar-refractivity contribution in [3.63, 3.8) is 0 Å². The molecule has 0 saturated carbocycles. The Morgan fingerprint density at radius 3 is 2.53 bits per heavy atom. The maximum absolute atomic E-state index is 13.1. The average Bonchev–Trinajstić information content (AvgIpc) is 2.78. The number of nitrogens with one attached hydrogen (secondary N) is 1. The van der Waals surface area contributed by atoms with Crippen LogP contribution in [0.15, 0.2) is 47.4 Å². The summed E-state index contributed by atoms with van der Waals surface area (Å²) in [5, 5.41) is 2.41. The molecule has 32 heavy (non-hydrogen) atoms. The molecule has 0 unspecified atom stereocenters. The first-order chi connectivity index (χ1) is 15.1. The third-order valence-electron chi connectivity index (χ3n) is 4.72. The molecule has 0 bridgehead atoms. The number of morpholine rings is 1. The number of carbonyl (C=O) groups is 1. The van der Waals surface area contributed by atoms with E-state index in [1.807, 2.05) is 6.92 Å². The van der Waals surface area contributed by atoms with Crippen molar-refractivity contribution in [2.75, 3.05) is 38.2 Å². The van der Waals surface area contributed by atoms with Gasteiger partial charge in [-0.1, -0.05) is 13.0 Å². The highest BCUT2D eigenvalue weighted by Crippen LogP contribution is 2.35. The zero-order chi connectivity index (χ0) is 23.4. The van der Waals surface area contributed by atoms with Gasteiger partial charge in [-0.05, 0) is 42.8 Å². The van der Waals surface area contributed by atoms with Gasteiger partial charge in [0.05, 0.1) is 36.0 Å². The lowest BCUT2D eigenvalue weighted by Crippen LogP contribution is -2.40. The van der Waals surface area contributed by atoms with Gasteiger partial charge in [-0.15, -0.1) is 0 Å². The van der Waals surface area contributed by atoms with E-state index in [2.05, 4.69) is 5.32 Å². The lowest BCUT2D eigenvalue weighted by Gasteiger charge is -2.26. The quantitative estimate of drug-likeness (QED) is 0.663. The molecule has 0 atom stereocenters. The van der Waals surface area contributed by atoms with Crippen molar-refractivity contribution in [1.82, 2.24) is 4.31 Å². The van der Waals surface area contributed by atoms with Gasteiger partial charge in [0.1, 0.15) is 5.75 Å². The van der Waals surface area contributed by atoms with Gasteiger partial charge in [0, 0.05) is 18.7 Å². The van der Waals surface area contributed by atoms with Crippen LogP contribution >= 0.6 is 0 Å². The first kappa shape index (κ1) is 24.0. The molecule has 1 heterocycles. The van der Waals surface area contributed by atoms with Crippen LogP contribution in [-0.4, -0.2) is 51.5 Å². The van der Waals surface area contributed by atoms with Crippen LogP contribution < -0.4 is 10.1 Å². The Balaban J connectivity index is 1.88. The number of nitrogens with zero attached hydrogens (tertiary/aromatic N) is 1. The minimum atomic E-state index is -4.60. The summed E-state index contributed by atoms with van der Waals surface area (Å²) in [5.41, 5.74) is -1.11. The Morgan fingerprint density at radius 1 is 1.16 bits per heavy atom. The van der Waals surface area contributed by atoms with E-state index in [0.29, 0.717) is 6.42 Å². The number of ether oxygens (including phenoxy) is 2. The van der Waals surface area contributed by atoms with Gasteiger partial charge < -0.3 is 14.8 Å². The molecule has 1 aliphatic heterocycles. The van der Waals surface area contributed by atoms with Gasteiger partial charge in [0.25, 0.3) is 5.91 Å². The van der Waals surface area contributed by atoms with E-state index >= 15 is 0 Å². The summed E-state index contributed by atoms with van der Waals surface area (Å²) in [7, 11) is -3.84. The van der Waals surface area contributed by atoms with Crippen molar-refractivity contribution in [3.05, 3.63) is 53.6 Å². The first-order valence-corrected chi connectivity index (χ1v) is 11.4. The van der Waals surface area contributed by atoms with E-state index in [9.17, 15) is 26.4 Å². The van der Waals surface area contributed by atoms with Crippen molar-refractivity contribution in [2.45, 2.75) is 24.4 Å². The Hall–Kier alpha value is -2.63. The van der Waals surface area contributed by atoms with Crippen LogP contribution in [0.3, 0.4) is 0 Å². The number of rotatable bonds is 7. The van der Waals surface area contributed by atoms with E-state index in [-0.39, 0.29) is 54.8 Å². The number of carbonyl (C=O) groups excluding carboxylic acids is 1. The topological polar surface area (TPSA) is 84.9 Å². The standard InChI is InChI=1S/C21H23F3N2O5S/c1-2-10-31-19-7-6-16(21(22,23)24)14-18(19)25-20(27)15-4-3-5-17(13-15)32(28,29)26-8-11-30-12-9-26/h3-7,13-14H,2,8-12H2,1H3,(H,25,27). The predicted octanol–water partition coefficient (Wildman–Crippen LogP) is 3.77. The number of halogens is 3. The third-order valence-corrected chi connectivity index (χ3v) is 6.62. The van der Waals surface area contributed by atoms with Crippen LogP contribution in [0, 0.1) is 0 Å². The van der Waals surface area contributed by atoms with E-state index in [1.165, 1.54) is 28.6 Å². The van der Waals surface area contributed by atoms with Gasteiger partial charge in [-0.25, -0.2) is 8.42 Å². The van der Waals surface area contributed by atoms with E-state index < -0.39 is 27.7 Å². The number of sulfonamides is 1. The van der Waals surface area contributed by atoms with Crippen LogP contribution in [-0.2, 0) is 20.9 Å². The van der Waals surface area contributed by atoms with Gasteiger partial charge >= 0.3 is 6.18 Å². The average molecular weight is 472 g/mol. The Kier molecular flexibility index (Phi) is 7.42. The van der Waals surface area contributed by atoms with Crippen molar-refractivity contribution < 1.29 is 35.9 Å². The predicted molar refractivity (Wildman–Crippen MR) is 111 cm³/mol. The largest absolute Gasteiger partial charge is 0.491 e. The molecule has 1 amide bonds. The highest BCUT2D eigenvalue weighted by atomic mass is 32.2. The maximum Gasteiger partial charge on any atom is 0.416 e. The second-order valence-electron chi connectivity index (χ2n) is 7.06. The SMILES string of the molecule is CCCOc1ccc(C(F)(F)F)cc1NC(=O)c1cccc(S(=O)(=O)N2CCOCC2)c1. The van der Waals surface area contributed by atoms with Crippen LogP contribution in [0.1, 0.15) is 29.3 Å². The highest BCUT2D eigenvalue weighted by molar-refractivity contribution is 7.89. The van der Waals surface area contributed by atoms with Gasteiger partial charge in [-0.3, -0.25) is 4.79 Å². The van der Waals surface area contributed by atoms with Crippen LogP contribution in [0.25, 0.3) is 0 Å². The lowest BCUT2D eigenvalue weighted by atomic mass is 10.1. The van der Waals surface area contributed by atoms with Crippen molar-refractivity contribution in [3.8, 4) is 5.75 Å². The Bertz CT molecular complexity index is 1070. The molecule has 0 spiro atoms. The van der Waals surface area contributed by atoms with Gasteiger partial charge in [0.2, 0.25) is 10.0 Å². The molecule has 0 aliphatic carbocycles. The molecule has 174 valence electrons. The molecular formula is C21H23F3N2O5S. The fraction of sp³-hybridized carbons (Fsp3) is 0.381. The monoisotopic (exact) mass is 472 g/mol. The number of alkyl halides is 3. The number of hydrogen-bond donors (Lipinski definition) is 1. The van der Waals surface area contributed by atoms with Crippen LogP contribution in [0.2, 0.25) is 0 Å². The zero-order valence-corrected chi connectivity index (χ0v) is 18.1. The normalized spacial score (nSPS) is 15.4. The number of benzene rings is 2. The molecule has 2 aromatic carbocycles. The molecule has 3 rings (SSSR count). The lowest BCUT2D eigenvalue weighted by molar-refractivity contribution is -0.137. The summed E-state index contributed by atoms with van der Waals surface area (Å²) < 4.78 is 77.0. The van der Waals surface area contributed by atoms with Crippen LogP contribution in [0.4, 0.5) is 18.9 Å². The fourth-order valence-corrected chi connectivity index (χ4v) is 4.52. The fourth-order valence-electron chi connectivity index (χ4n) is 3.07. The summed E-state index contributed by atoms with van der Waals surface area (Å²) in [6, 6.07) is 8.15. The molecule has 1 N–H and O–H groups in total. The molecule has 1 saturated heterocycles. The Morgan fingerprint density at radius 2 is 1.88 bits per heavy atom. The molecular weight excluding hydrogens is 449 g/mol. The van der Waals surface area contributed by atoms with Crippen molar-refractivity contribution in [1.29, 1.82) is 0 Å². The number of hydrogen-bond acceptors (Lipinski definition) is 5. The second-order valence-corrected chi connectivity index (χ2v) is 8.99. The third kappa shape index (κ3) is 5.59. The number of anilines is 1. The molecule has 2 aromatic rings. The van der Waals surface area contributed by atoms with Crippen molar-refractivity contribution >= 4 is 21.6 Å². The highest BCUT2D eigenvalue weighted by Gasteiger charge is 2.32. The molecule has 1 aliphatic rings. The van der Waals surface area contributed by atoms with Gasteiger partial charge in [-0.2, -0.15) is 17.5 Å². The second kappa shape index (κ2) is 9.88. The molecule has 0 radical (unpaired) electrons. The maximum atomic E-state index is 13.1. The number of amides is 1.